The van der Waals surface area contributed by atoms with Crippen LogP contribution >= 0.6 is 0 Å². The molecule has 0 atom stereocenters. The van der Waals surface area contributed by atoms with Gasteiger partial charge in [0.05, 0.1) is 6.54 Å². The largest absolute Gasteiger partial charge is 0.369 e. The van der Waals surface area contributed by atoms with Crippen molar-refractivity contribution in [2.45, 2.75) is 19.6 Å². The van der Waals surface area contributed by atoms with Crippen molar-refractivity contribution in [1.82, 2.24) is 20.0 Å². The van der Waals surface area contributed by atoms with Crippen LogP contribution < -0.4 is 10.2 Å². The second kappa shape index (κ2) is 11.0. The van der Waals surface area contributed by atoms with Gasteiger partial charge in [-0.1, -0.05) is 54.6 Å². The van der Waals surface area contributed by atoms with Gasteiger partial charge < -0.3 is 10.2 Å². The van der Waals surface area contributed by atoms with Gasteiger partial charge in [0.15, 0.2) is 0 Å². The SMILES string of the molecule is O=C(NCc1ccccc1CN1CCN(c2ccccc2)CC1)c1ccc(Cn2cccn2)cc1. The quantitative estimate of drug-likeness (QED) is 0.424. The Morgan fingerprint density at radius 3 is 2.20 bits per heavy atom. The van der Waals surface area contributed by atoms with Gasteiger partial charge in [-0.05, 0) is 47.0 Å². The maximum Gasteiger partial charge on any atom is 0.251 e. The fourth-order valence-electron chi connectivity index (χ4n) is 4.55. The van der Waals surface area contributed by atoms with E-state index in [0.717, 1.165) is 38.3 Å². The Kier molecular flexibility index (Phi) is 7.20. The number of carbonyl (C=O) groups is 1. The van der Waals surface area contributed by atoms with Crippen LogP contribution in [-0.4, -0.2) is 46.8 Å². The molecule has 5 rings (SSSR count). The highest BCUT2D eigenvalue weighted by molar-refractivity contribution is 5.94. The molecule has 1 aliphatic heterocycles. The lowest BCUT2D eigenvalue weighted by Crippen LogP contribution is -2.46. The summed E-state index contributed by atoms with van der Waals surface area (Å²) < 4.78 is 1.87. The van der Waals surface area contributed by atoms with Crippen molar-refractivity contribution >= 4 is 11.6 Å². The highest BCUT2D eigenvalue weighted by Crippen LogP contribution is 2.18. The Bertz CT molecular complexity index is 1210. The van der Waals surface area contributed by atoms with E-state index >= 15 is 0 Å². The highest BCUT2D eigenvalue weighted by atomic mass is 16.1. The van der Waals surface area contributed by atoms with Crippen molar-refractivity contribution in [3.05, 3.63) is 120 Å². The topological polar surface area (TPSA) is 53.4 Å². The molecule has 1 amide bonds. The Labute approximate surface area is 206 Å². The lowest BCUT2D eigenvalue weighted by Gasteiger charge is -2.36. The zero-order valence-electron chi connectivity index (χ0n) is 19.9. The number of nitrogens with zero attached hydrogens (tertiary/aromatic N) is 4. The molecule has 0 radical (unpaired) electrons. The first-order chi connectivity index (χ1) is 17.2. The van der Waals surface area contributed by atoms with Gasteiger partial charge in [-0.15, -0.1) is 0 Å². The van der Waals surface area contributed by atoms with Gasteiger partial charge in [0.25, 0.3) is 5.91 Å². The van der Waals surface area contributed by atoms with Crippen molar-refractivity contribution in [3.8, 4) is 0 Å². The molecule has 3 aromatic carbocycles. The number of anilines is 1. The molecular formula is C29H31N5O. The molecule has 1 aliphatic rings. The predicted molar refractivity (Wildman–Crippen MR) is 139 cm³/mol. The number of amides is 1. The molecule has 6 nitrogen and oxygen atoms in total. The minimum Gasteiger partial charge on any atom is -0.369 e. The van der Waals surface area contributed by atoms with Gasteiger partial charge in [0.1, 0.15) is 0 Å². The van der Waals surface area contributed by atoms with Gasteiger partial charge in [0, 0.05) is 62.9 Å². The second-order valence-electron chi connectivity index (χ2n) is 8.95. The van der Waals surface area contributed by atoms with Crippen molar-refractivity contribution < 1.29 is 4.79 Å². The standard InChI is InChI=1S/C29H31N5O/c35-29(25-13-11-24(12-14-25)22-34-16-6-15-31-34)30-21-26-7-4-5-8-27(26)23-32-17-19-33(20-18-32)28-9-2-1-3-10-28/h1-16H,17-23H2,(H,30,35). The number of benzene rings is 3. The Morgan fingerprint density at radius 1 is 0.771 bits per heavy atom. The lowest BCUT2D eigenvalue weighted by molar-refractivity contribution is 0.0950. The van der Waals surface area contributed by atoms with E-state index in [9.17, 15) is 4.79 Å². The number of piperazine rings is 1. The summed E-state index contributed by atoms with van der Waals surface area (Å²) in [6.07, 6.45) is 3.70. The van der Waals surface area contributed by atoms with E-state index in [1.807, 2.05) is 47.3 Å². The van der Waals surface area contributed by atoms with Crippen LogP contribution in [-0.2, 0) is 19.6 Å². The van der Waals surface area contributed by atoms with Crippen LogP contribution in [0.1, 0.15) is 27.0 Å². The first-order valence-corrected chi connectivity index (χ1v) is 12.2. The fourth-order valence-corrected chi connectivity index (χ4v) is 4.55. The Balaban J connectivity index is 1.14. The number of hydrogen-bond acceptors (Lipinski definition) is 4. The van der Waals surface area contributed by atoms with E-state index in [1.54, 1.807) is 6.20 Å². The Morgan fingerprint density at radius 2 is 1.49 bits per heavy atom. The number of nitrogens with one attached hydrogen (secondary N) is 1. The van der Waals surface area contributed by atoms with E-state index in [-0.39, 0.29) is 5.91 Å². The van der Waals surface area contributed by atoms with Crippen LogP contribution in [0, 0.1) is 0 Å². The van der Waals surface area contributed by atoms with Crippen LogP contribution in [0.25, 0.3) is 0 Å². The summed E-state index contributed by atoms with van der Waals surface area (Å²) in [4.78, 5) is 17.7. The predicted octanol–water partition coefficient (Wildman–Crippen LogP) is 4.18. The zero-order valence-corrected chi connectivity index (χ0v) is 19.9. The fraction of sp³-hybridized carbons (Fsp3) is 0.241. The van der Waals surface area contributed by atoms with Gasteiger partial charge in [-0.3, -0.25) is 14.4 Å². The number of rotatable bonds is 8. The molecule has 2 heterocycles. The summed E-state index contributed by atoms with van der Waals surface area (Å²) in [5, 5.41) is 7.33. The molecule has 1 aromatic heterocycles. The molecule has 4 aromatic rings. The molecule has 1 N–H and O–H groups in total. The van der Waals surface area contributed by atoms with Crippen molar-refractivity contribution in [2.75, 3.05) is 31.1 Å². The maximum absolute atomic E-state index is 12.8. The number of carbonyl (C=O) groups excluding carboxylic acids is 1. The summed E-state index contributed by atoms with van der Waals surface area (Å²) in [6.45, 7) is 6.23. The Hall–Kier alpha value is -3.90. The average Bonchev–Trinajstić information content (AvgIpc) is 3.42. The molecular weight excluding hydrogens is 434 g/mol. The molecule has 1 fully saturated rings. The second-order valence-corrected chi connectivity index (χ2v) is 8.95. The molecule has 0 spiro atoms. The van der Waals surface area contributed by atoms with Gasteiger partial charge in [-0.25, -0.2) is 0 Å². The van der Waals surface area contributed by atoms with E-state index in [0.29, 0.717) is 18.7 Å². The van der Waals surface area contributed by atoms with Crippen molar-refractivity contribution in [1.29, 1.82) is 0 Å². The van der Waals surface area contributed by atoms with Crippen LogP contribution in [0.15, 0.2) is 97.3 Å². The maximum atomic E-state index is 12.8. The lowest BCUT2D eigenvalue weighted by atomic mass is 10.1. The third-order valence-corrected chi connectivity index (χ3v) is 6.57. The van der Waals surface area contributed by atoms with Gasteiger partial charge in [0.2, 0.25) is 0 Å². The molecule has 1 saturated heterocycles. The molecule has 178 valence electrons. The monoisotopic (exact) mass is 465 g/mol. The number of aromatic nitrogens is 2. The summed E-state index contributed by atoms with van der Waals surface area (Å²) in [6, 6.07) is 28.7. The minimum absolute atomic E-state index is 0.0538. The van der Waals surface area contributed by atoms with Crippen LogP contribution in [0.5, 0.6) is 0 Å². The first kappa shape index (κ1) is 22.9. The van der Waals surface area contributed by atoms with Crippen LogP contribution in [0.3, 0.4) is 0 Å². The zero-order chi connectivity index (χ0) is 23.9. The van der Waals surface area contributed by atoms with Crippen molar-refractivity contribution in [2.24, 2.45) is 0 Å². The minimum atomic E-state index is -0.0538. The molecule has 0 saturated carbocycles. The molecule has 0 bridgehead atoms. The first-order valence-electron chi connectivity index (χ1n) is 12.2. The van der Waals surface area contributed by atoms with E-state index < -0.39 is 0 Å². The van der Waals surface area contributed by atoms with Crippen LogP contribution in [0.4, 0.5) is 5.69 Å². The van der Waals surface area contributed by atoms with E-state index in [2.05, 4.69) is 68.7 Å². The smallest absolute Gasteiger partial charge is 0.251 e. The summed E-state index contributed by atoms with van der Waals surface area (Å²) in [5.74, 6) is -0.0538. The summed E-state index contributed by atoms with van der Waals surface area (Å²) >= 11 is 0. The van der Waals surface area contributed by atoms with E-state index in [4.69, 9.17) is 0 Å². The number of hydrogen-bond donors (Lipinski definition) is 1. The summed E-state index contributed by atoms with van der Waals surface area (Å²) in [5.41, 5.74) is 5.52. The van der Waals surface area contributed by atoms with Gasteiger partial charge in [-0.2, -0.15) is 5.10 Å². The molecule has 0 unspecified atom stereocenters. The third-order valence-electron chi connectivity index (χ3n) is 6.57. The average molecular weight is 466 g/mol. The van der Waals surface area contributed by atoms with Crippen LogP contribution in [0.2, 0.25) is 0 Å². The van der Waals surface area contributed by atoms with Gasteiger partial charge >= 0.3 is 0 Å². The molecule has 6 heteroatoms. The van der Waals surface area contributed by atoms with E-state index in [1.165, 1.54) is 16.8 Å². The molecule has 35 heavy (non-hydrogen) atoms. The normalized spacial score (nSPS) is 14.1. The third kappa shape index (κ3) is 5.97. The summed E-state index contributed by atoms with van der Waals surface area (Å²) in [7, 11) is 0. The number of para-hydroxylation sites is 1. The van der Waals surface area contributed by atoms with Crippen molar-refractivity contribution in [3.63, 3.8) is 0 Å². The molecule has 0 aliphatic carbocycles. The highest BCUT2D eigenvalue weighted by Gasteiger charge is 2.18.